The molecule has 3 fully saturated rings. The van der Waals surface area contributed by atoms with Crippen LogP contribution in [0, 0.1) is 17.6 Å². The molecular weight excluding hydrogens is 310 g/mol. The van der Waals surface area contributed by atoms with Gasteiger partial charge in [0.15, 0.2) is 0 Å². The van der Waals surface area contributed by atoms with Gasteiger partial charge in [0.1, 0.15) is 11.6 Å². The number of halogens is 2. The highest BCUT2D eigenvalue weighted by Crippen LogP contribution is 2.35. The number of benzene rings is 1. The third-order valence-electron chi connectivity index (χ3n) is 5.70. The molecule has 5 heteroatoms. The van der Waals surface area contributed by atoms with Gasteiger partial charge in [-0.2, -0.15) is 0 Å². The van der Waals surface area contributed by atoms with Crippen molar-refractivity contribution in [2.45, 2.75) is 69.6 Å². The summed E-state index contributed by atoms with van der Waals surface area (Å²) >= 11 is 0. The highest BCUT2D eigenvalue weighted by molar-refractivity contribution is 5.77. The standard InChI is InChI=1S/C19H24F2N2O/c20-14-2-1-13(18(21)10-14)11-23(17-5-6-17)19(24)9-12-7-15-3-4-16(8-12)22-15/h1-2,10,12,15-17,22H,3-9,11H2. The number of piperidine rings is 1. The van der Waals surface area contributed by atoms with Crippen molar-refractivity contribution in [1.82, 2.24) is 10.2 Å². The summed E-state index contributed by atoms with van der Waals surface area (Å²) in [5.41, 5.74) is 0.405. The van der Waals surface area contributed by atoms with Crippen LogP contribution < -0.4 is 5.32 Å². The van der Waals surface area contributed by atoms with Gasteiger partial charge in [-0.15, -0.1) is 0 Å². The second-order valence-electron chi connectivity index (χ2n) is 7.67. The predicted molar refractivity (Wildman–Crippen MR) is 87.2 cm³/mol. The minimum atomic E-state index is -0.578. The number of hydrogen-bond acceptors (Lipinski definition) is 2. The molecule has 2 saturated heterocycles. The lowest BCUT2D eigenvalue weighted by Gasteiger charge is -2.31. The average Bonchev–Trinajstić information content (AvgIpc) is 3.31. The van der Waals surface area contributed by atoms with E-state index in [1.807, 2.05) is 4.90 Å². The maximum Gasteiger partial charge on any atom is 0.223 e. The Morgan fingerprint density at radius 1 is 1.12 bits per heavy atom. The summed E-state index contributed by atoms with van der Waals surface area (Å²) in [6, 6.07) is 5.00. The van der Waals surface area contributed by atoms with Crippen molar-refractivity contribution in [2.75, 3.05) is 0 Å². The molecule has 1 saturated carbocycles. The fourth-order valence-electron chi connectivity index (χ4n) is 4.35. The van der Waals surface area contributed by atoms with Crippen LogP contribution in [0.1, 0.15) is 50.5 Å². The van der Waals surface area contributed by atoms with Crippen molar-refractivity contribution >= 4 is 5.91 Å². The van der Waals surface area contributed by atoms with Crippen LogP contribution in [0.3, 0.4) is 0 Å². The van der Waals surface area contributed by atoms with Crippen molar-refractivity contribution in [1.29, 1.82) is 0 Å². The van der Waals surface area contributed by atoms with Crippen molar-refractivity contribution in [3.8, 4) is 0 Å². The number of nitrogens with zero attached hydrogens (tertiary/aromatic N) is 1. The van der Waals surface area contributed by atoms with Crippen molar-refractivity contribution in [3.63, 3.8) is 0 Å². The summed E-state index contributed by atoms with van der Waals surface area (Å²) in [6.07, 6.45) is 7.15. The molecule has 0 spiro atoms. The molecule has 3 nitrogen and oxygen atoms in total. The first-order valence-corrected chi connectivity index (χ1v) is 9.08. The van der Waals surface area contributed by atoms with E-state index in [1.54, 1.807) is 0 Å². The Hall–Kier alpha value is -1.49. The second-order valence-corrected chi connectivity index (χ2v) is 7.67. The first kappa shape index (κ1) is 16.0. The normalized spacial score (nSPS) is 28.8. The minimum absolute atomic E-state index is 0.132. The predicted octanol–water partition coefficient (Wildman–Crippen LogP) is 3.38. The highest BCUT2D eigenvalue weighted by atomic mass is 19.1. The van der Waals surface area contributed by atoms with E-state index in [0.717, 1.165) is 31.7 Å². The summed E-state index contributed by atoms with van der Waals surface area (Å²) in [5.74, 6) is -0.567. The van der Waals surface area contributed by atoms with Crippen LogP contribution in [0.4, 0.5) is 8.78 Å². The third-order valence-corrected chi connectivity index (χ3v) is 5.70. The molecule has 1 aromatic rings. The van der Waals surface area contributed by atoms with E-state index in [0.29, 0.717) is 30.0 Å². The van der Waals surface area contributed by atoms with Crippen molar-refractivity contribution in [2.24, 2.45) is 5.92 Å². The van der Waals surface area contributed by atoms with Crippen LogP contribution in [0.15, 0.2) is 18.2 Å². The van der Waals surface area contributed by atoms with Gasteiger partial charge in [0.25, 0.3) is 0 Å². The van der Waals surface area contributed by atoms with Gasteiger partial charge in [-0.05, 0) is 50.5 Å². The van der Waals surface area contributed by atoms with E-state index in [1.165, 1.54) is 25.0 Å². The zero-order chi connectivity index (χ0) is 16.7. The highest BCUT2D eigenvalue weighted by Gasteiger charge is 2.37. The van der Waals surface area contributed by atoms with Crippen LogP contribution in [0.5, 0.6) is 0 Å². The zero-order valence-electron chi connectivity index (χ0n) is 13.8. The van der Waals surface area contributed by atoms with Gasteiger partial charge >= 0.3 is 0 Å². The molecule has 3 aliphatic rings. The number of carbonyl (C=O) groups is 1. The van der Waals surface area contributed by atoms with E-state index < -0.39 is 11.6 Å². The topological polar surface area (TPSA) is 32.3 Å². The lowest BCUT2D eigenvalue weighted by molar-refractivity contribution is -0.133. The van der Waals surface area contributed by atoms with Crippen molar-refractivity contribution < 1.29 is 13.6 Å². The Labute approximate surface area is 141 Å². The molecule has 2 atom stereocenters. The first-order chi connectivity index (χ1) is 11.6. The van der Waals surface area contributed by atoms with Gasteiger partial charge in [-0.1, -0.05) is 6.07 Å². The van der Waals surface area contributed by atoms with E-state index in [-0.39, 0.29) is 18.5 Å². The van der Waals surface area contributed by atoms with Gasteiger partial charge in [0.05, 0.1) is 0 Å². The Bertz CT molecular complexity index is 620. The Morgan fingerprint density at radius 3 is 2.46 bits per heavy atom. The Balaban J connectivity index is 1.42. The largest absolute Gasteiger partial charge is 0.335 e. The third kappa shape index (κ3) is 3.46. The smallest absolute Gasteiger partial charge is 0.223 e. The lowest BCUT2D eigenvalue weighted by Crippen LogP contribution is -2.41. The second kappa shape index (κ2) is 6.43. The summed E-state index contributed by atoms with van der Waals surface area (Å²) in [5, 5.41) is 3.60. The number of rotatable bonds is 5. The number of fused-ring (bicyclic) bond motifs is 2. The number of nitrogens with one attached hydrogen (secondary N) is 1. The number of amides is 1. The molecule has 0 aromatic heterocycles. The van der Waals surface area contributed by atoms with E-state index in [4.69, 9.17) is 0 Å². The number of carbonyl (C=O) groups excluding carboxylic acids is 1. The van der Waals surface area contributed by atoms with Crippen LogP contribution in [-0.4, -0.2) is 28.9 Å². The monoisotopic (exact) mass is 334 g/mol. The maximum absolute atomic E-state index is 13.9. The summed E-state index contributed by atoms with van der Waals surface area (Å²) < 4.78 is 27.0. The van der Waals surface area contributed by atoms with Crippen LogP contribution in [0.25, 0.3) is 0 Å². The SMILES string of the molecule is O=C(CC1CC2CCC(C1)N2)N(Cc1ccc(F)cc1F)C1CC1. The lowest BCUT2D eigenvalue weighted by atomic mass is 9.89. The molecule has 2 unspecified atom stereocenters. The van der Waals surface area contributed by atoms with Crippen LogP contribution in [-0.2, 0) is 11.3 Å². The van der Waals surface area contributed by atoms with Gasteiger partial charge < -0.3 is 10.2 Å². The molecule has 4 rings (SSSR count). The number of hydrogen-bond donors (Lipinski definition) is 1. The van der Waals surface area contributed by atoms with Crippen LogP contribution in [0.2, 0.25) is 0 Å². The average molecular weight is 334 g/mol. The minimum Gasteiger partial charge on any atom is -0.335 e. The molecule has 1 N–H and O–H groups in total. The molecule has 1 amide bonds. The molecule has 1 aromatic carbocycles. The van der Waals surface area contributed by atoms with Gasteiger partial charge in [-0.25, -0.2) is 8.78 Å². The molecule has 2 aliphatic heterocycles. The van der Waals surface area contributed by atoms with Gasteiger partial charge in [-0.3, -0.25) is 4.79 Å². The van der Waals surface area contributed by atoms with E-state index in [2.05, 4.69) is 5.32 Å². The van der Waals surface area contributed by atoms with Gasteiger partial charge in [0.2, 0.25) is 5.91 Å². The van der Waals surface area contributed by atoms with Crippen LogP contribution >= 0.6 is 0 Å². The molecule has 130 valence electrons. The summed E-state index contributed by atoms with van der Waals surface area (Å²) in [7, 11) is 0. The van der Waals surface area contributed by atoms with Gasteiger partial charge in [0, 0.05) is 42.7 Å². The van der Waals surface area contributed by atoms with Crippen molar-refractivity contribution in [3.05, 3.63) is 35.4 Å². The van der Waals surface area contributed by atoms with E-state index >= 15 is 0 Å². The Kier molecular flexibility index (Phi) is 4.29. The first-order valence-electron chi connectivity index (χ1n) is 9.08. The molecule has 24 heavy (non-hydrogen) atoms. The zero-order valence-corrected chi connectivity index (χ0v) is 13.8. The molecule has 2 bridgehead atoms. The molecule has 1 aliphatic carbocycles. The maximum atomic E-state index is 13.9. The van der Waals surface area contributed by atoms with E-state index in [9.17, 15) is 13.6 Å². The fourth-order valence-corrected chi connectivity index (χ4v) is 4.35. The summed E-state index contributed by atoms with van der Waals surface area (Å²) in [6.45, 7) is 0.257. The quantitative estimate of drug-likeness (QED) is 0.895. The summed E-state index contributed by atoms with van der Waals surface area (Å²) in [4.78, 5) is 14.6. The molecular formula is C19H24F2N2O. The Morgan fingerprint density at radius 2 is 1.83 bits per heavy atom. The fraction of sp³-hybridized carbons (Fsp3) is 0.632. The molecule has 2 heterocycles. The molecule has 0 radical (unpaired) electrons.